The minimum Gasteiger partial charge on any atom is -0.465 e. The first-order chi connectivity index (χ1) is 19.8. The van der Waals surface area contributed by atoms with Gasteiger partial charge in [0.05, 0.1) is 30.2 Å². The molecule has 206 valence electrons. The second-order valence-electron chi connectivity index (χ2n) is 10.7. The Morgan fingerprint density at radius 3 is 2.61 bits per heavy atom. The normalized spacial score (nSPS) is 24.7. The zero-order chi connectivity index (χ0) is 28.6. The molecule has 3 aliphatic heterocycles. The lowest BCUT2D eigenvalue weighted by Gasteiger charge is -2.30. The van der Waals surface area contributed by atoms with E-state index in [2.05, 4.69) is 15.6 Å². The molecule has 3 N–H and O–H groups in total. The quantitative estimate of drug-likeness (QED) is 0.252. The number of nitrogens with zero attached hydrogens (tertiary/aromatic N) is 1. The molecule has 3 aromatic carbocycles. The number of fused-ring (bicyclic) bond motifs is 5. The molecule has 2 saturated heterocycles. The van der Waals surface area contributed by atoms with E-state index in [0.717, 1.165) is 26.9 Å². The van der Waals surface area contributed by atoms with Gasteiger partial charge in [0.15, 0.2) is 0 Å². The number of ether oxygens (including phenoxy) is 1. The Hall–Kier alpha value is -4.47. The Labute approximate surface area is 239 Å². The molecule has 2 fully saturated rings. The molecule has 3 amide bonds. The number of hydrogen-bond donors (Lipinski definition) is 3. The molecular weight excluding hydrogens is 544 g/mol. The van der Waals surface area contributed by atoms with Crippen molar-refractivity contribution in [2.75, 3.05) is 17.3 Å². The monoisotopic (exact) mass is 568 g/mol. The van der Waals surface area contributed by atoms with E-state index in [9.17, 15) is 19.2 Å². The smallest absolute Gasteiger partial charge is 0.339 e. The van der Waals surface area contributed by atoms with Crippen LogP contribution in [0.2, 0.25) is 5.02 Å². The van der Waals surface area contributed by atoms with Crippen LogP contribution in [0, 0.1) is 18.8 Å². The number of methoxy groups -OCH3 is 1. The molecule has 9 nitrogen and oxygen atoms in total. The summed E-state index contributed by atoms with van der Waals surface area (Å²) in [6.07, 6.45) is 2.27. The minimum atomic E-state index is -1.53. The van der Waals surface area contributed by atoms with Crippen LogP contribution in [0.15, 0.2) is 66.9 Å². The summed E-state index contributed by atoms with van der Waals surface area (Å²) in [5.41, 5.74) is 2.44. The van der Waals surface area contributed by atoms with Gasteiger partial charge in [0.1, 0.15) is 5.54 Å². The first kappa shape index (κ1) is 25.5. The van der Waals surface area contributed by atoms with Gasteiger partial charge >= 0.3 is 5.97 Å². The molecule has 0 radical (unpaired) electrons. The Kier molecular flexibility index (Phi) is 5.61. The van der Waals surface area contributed by atoms with Crippen LogP contribution in [-0.4, -0.2) is 41.8 Å². The summed E-state index contributed by atoms with van der Waals surface area (Å²) in [5.74, 6) is -4.10. The first-order valence-electron chi connectivity index (χ1n) is 13.3. The summed E-state index contributed by atoms with van der Waals surface area (Å²) < 4.78 is 4.93. The van der Waals surface area contributed by atoms with Crippen LogP contribution in [0.4, 0.5) is 11.4 Å². The molecule has 1 aromatic heterocycles. The highest BCUT2D eigenvalue weighted by Crippen LogP contribution is 2.55. The number of halogens is 1. The van der Waals surface area contributed by atoms with Crippen molar-refractivity contribution >= 4 is 57.6 Å². The fourth-order valence-electron chi connectivity index (χ4n) is 6.93. The van der Waals surface area contributed by atoms with Crippen molar-refractivity contribution in [2.24, 2.45) is 11.8 Å². The Balaban J connectivity index is 1.41. The van der Waals surface area contributed by atoms with Crippen LogP contribution in [0.3, 0.4) is 0 Å². The first-order valence-corrected chi connectivity index (χ1v) is 13.6. The van der Waals surface area contributed by atoms with Gasteiger partial charge in [0, 0.05) is 39.4 Å². The van der Waals surface area contributed by atoms with E-state index in [0.29, 0.717) is 22.7 Å². The van der Waals surface area contributed by atoms with E-state index in [-0.39, 0.29) is 11.3 Å². The molecule has 41 heavy (non-hydrogen) atoms. The zero-order valence-electron chi connectivity index (χ0n) is 22.2. The van der Waals surface area contributed by atoms with Gasteiger partial charge in [-0.15, -0.1) is 0 Å². The molecule has 3 aliphatic rings. The van der Waals surface area contributed by atoms with E-state index in [1.807, 2.05) is 37.4 Å². The molecule has 0 unspecified atom stereocenters. The number of amides is 3. The van der Waals surface area contributed by atoms with E-state index in [1.54, 1.807) is 30.3 Å². The fraction of sp³-hybridized carbons (Fsp3) is 0.226. The maximum Gasteiger partial charge on any atom is 0.339 e. The second-order valence-corrected chi connectivity index (χ2v) is 11.2. The average molecular weight is 569 g/mol. The number of carbonyl (C=O) groups excluding carboxylic acids is 4. The van der Waals surface area contributed by atoms with E-state index in [1.165, 1.54) is 13.2 Å². The Bertz CT molecular complexity index is 1820. The third-order valence-corrected chi connectivity index (χ3v) is 8.87. The molecule has 0 bridgehead atoms. The molecule has 4 heterocycles. The molecular formula is C31H25ClN4O5. The number of benzene rings is 3. The average Bonchev–Trinajstić information content (AvgIpc) is 3.68. The number of nitrogens with one attached hydrogen (secondary N) is 3. The number of hydrogen-bond acceptors (Lipinski definition) is 6. The van der Waals surface area contributed by atoms with Gasteiger partial charge < -0.3 is 15.0 Å². The lowest BCUT2D eigenvalue weighted by molar-refractivity contribution is -0.130. The highest BCUT2D eigenvalue weighted by Gasteiger charge is 2.71. The van der Waals surface area contributed by atoms with Crippen LogP contribution in [0.25, 0.3) is 10.9 Å². The van der Waals surface area contributed by atoms with Crippen LogP contribution in [-0.2, 0) is 31.1 Å². The van der Waals surface area contributed by atoms with Crippen LogP contribution in [0.5, 0.6) is 0 Å². The Morgan fingerprint density at radius 1 is 1.05 bits per heavy atom. The number of esters is 1. The predicted octanol–water partition coefficient (Wildman–Crippen LogP) is 4.08. The SMILES string of the molecule is COC(=O)c1ccccc1N1C(=O)[C@@H]2[C@H](Cc3c[nH]c4ccccc34)N[C@]3(C(=O)Nc4c(C)cc(Cl)cc43)[C@@H]2C1=O. The van der Waals surface area contributed by atoms with Crippen LogP contribution < -0.4 is 15.5 Å². The molecule has 0 aliphatic carbocycles. The maximum absolute atomic E-state index is 14.4. The van der Waals surface area contributed by atoms with Crippen molar-refractivity contribution < 1.29 is 23.9 Å². The molecule has 0 saturated carbocycles. The summed E-state index contributed by atoms with van der Waals surface area (Å²) in [4.78, 5) is 59.6. The summed E-state index contributed by atoms with van der Waals surface area (Å²) in [7, 11) is 1.24. The largest absolute Gasteiger partial charge is 0.465 e. The fourth-order valence-corrected chi connectivity index (χ4v) is 7.21. The third kappa shape index (κ3) is 3.45. The summed E-state index contributed by atoms with van der Waals surface area (Å²) >= 11 is 6.47. The number of H-pyrrole nitrogens is 1. The number of aryl methyl sites for hydroxylation is 1. The molecule has 4 atom stereocenters. The predicted molar refractivity (Wildman–Crippen MR) is 153 cm³/mol. The summed E-state index contributed by atoms with van der Waals surface area (Å²) in [6, 6.07) is 17.0. The van der Waals surface area contributed by atoms with Crippen LogP contribution in [0.1, 0.15) is 27.0 Å². The maximum atomic E-state index is 14.4. The second kappa shape index (κ2) is 9.02. The number of rotatable bonds is 4. The van der Waals surface area contributed by atoms with Gasteiger partial charge in [0.2, 0.25) is 17.7 Å². The highest BCUT2D eigenvalue weighted by atomic mass is 35.5. The molecule has 1 spiro atoms. The highest BCUT2D eigenvalue weighted by molar-refractivity contribution is 6.31. The number of aromatic amines is 1. The number of imide groups is 1. The van der Waals surface area contributed by atoms with Gasteiger partial charge in [-0.1, -0.05) is 41.9 Å². The topological polar surface area (TPSA) is 121 Å². The lowest BCUT2D eigenvalue weighted by Crippen LogP contribution is -2.53. The third-order valence-electron chi connectivity index (χ3n) is 8.65. The van der Waals surface area contributed by atoms with Gasteiger partial charge in [0.25, 0.3) is 0 Å². The van der Waals surface area contributed by atoms with Gasteiger partial charge in [-0.2, -0.15) is 0 Å². The van der Waals surface area contributed by atoms with Gasteiger partial charge in [-0.05, 0) is 54.8 Å². The Morgan fingerprint density at radius 2 is 1.80 bits per heavy atom. The van der Waals surface area contributed by atoms with E-state index in [4.69, 9.17) is 16.3 Å². The standard InChI is InChI=1S/C31H25ClN4O5/c1-15-11-17(32)13-20-26(15)34-30(40)31(20)25-24(22(35-31)12-16-14-33-21-9-5-3-7-18(16)21)27(37)36(28(25)38)23-10-6-4-8-19(23)29(39)41-2/h3-11,13-14,22,24-25,33,35H,12H2,1-2H3,(H,34,40)/t22-,24+,25-,31-/m0/s1. The number of anilines is 2. The van der Waals surface area contributed by atoms with Crippen molar-refractivity contribution in [3.63, 3.8) is 0 Å². The molecule has 7 rings (SSSR count). The number of carbonyl (C=O) groups is 4. The number of aromatic nitrogens is 1. The minimum absolute atomic E-state index is 0.0852. The number of para-hydroxylation sites is 2. The summed E-state index contributed by atoms with van der Waals surface area (Å²) in [5, 5.41) is 7.83. The van der Waals surface area contributed by atoms with Gasteiger partial charge in [-0.25, -0.2) is 9.69 Å². The van der Waals surface area contributed by atoms with Crippen molar-refractivity contribution in [3.05, 3.63) is 94.1 Å². The molecule has 4 aromatic rings. The lowest BCUT2D eigenvalue weighted by atomic mass is 9.76. The molecule has 10 heteroatoms. The van der Waals surface area contributed by atoms with Crippen molar-refractivity contribution in [2.45, 2.75) is 24.9 Å². The van der Waals surface area contributed by atoms with Crippen LogP contribution >= 0.6 is 11.6 Å². The van der Waals surface area contributed by atoms with Crippen molar-refractivity contribution in [1.29, 1.82) is 0 Å². The zero-order valence-corrected chi connectivity index (χ0v) is 22.9. The van der Waals surface area contributed by atoms with Crippen molar-refractivity contribution in [1.82, 2.24) is 10.3 Å². The van der Waals surface area contributed by atoms with E-state index >= 15 is 0 Å². The van der Waals surface area contributed by atoms with Gasteiger partial charge in [-0.3, -0.25) is 19.7 Å². The summed E-state index contributed by atoms with van der Waals surface area (Å²) in [6.45, 7) is 1.83. The van der Waals surface area contributed by atoms with Crippen molar-refractivity contribution in [3.8, 4) is 0 Å². The van der Waals surface area contributed by atoms with E-state index < -0.39 is 47.1 Å².